The minimum absolute atomic E-state index is 0.0133. The molecule has 0 radical (unpaired) electrons. The molecular weight excluding hydrogens is 1480 g/mol. The van der Waals surface area contributed by atoms with Crippen molar-refractivity contribution < 1.29 is 66.8 Å². The summed E-state index contributed by atoms with van der Waals surface area (Å²) in [4.78, 5) is 124. The summed E-state index contributed by atoms with van der Waals surface area (Å²) in [7, 11) is 0. The molecule has 2 atom stereocenters. The zero-order valence-electron chi connectivity index (χ0n) is 66.6. The van der Waals surface area contributed by atoms with Crippen LogP contribution in [0, 0.1) is 0 Å². The average Bonchev–Trinajstić information content (AvgIpc) is 0.670. The van der Waals surface area contributed by atoms with Crippen LogP contribution in [0.4, 0.5) is 5.69 Å². The van der Waals surface area contributed by atoms with Crippen LogP contribution >= 0.6 is 23.2 Å². The van der Waals surface area contributed by atoms with E-state index in [9.17, 15) is 9.59 Å². The van der Waals surface area contributed by atoms with Crippen molar-refractivity contribution in [3.8, 4) is 57.5 Å². The highest BCUT2D eigenvalue weighted by Crippen LogP contribution is 2.59. The first-order valence-corrected chi connectivity index (χ1v) is 39.1. The van der Waals surface area contributed by atoms with Crippen molar-refractivity contribution in [3.63, 3.8) is 0 Å². The van der Waals surface area contributed by atoms with Gasteiger partial charge in [0.25, 0.3) is 29.5 Å². The standard InChI is InChI=1S/C95H91Cl2N3O14/c1-17-19-27-70(90(107)113-64-25-21-23-54(45-64)46-72(101)52(3)96)99-86(103)66-48-73(109-60-37-29-55(30-38-60)92(5,6)7)79-81-75(111-62-41-33-57(34-42-62)94(11,12)13)50-68-78-69(89(106)100(88(68)105)71(28-20-18-2)91(108)114-65-26-22-24-59(47-65)98-85(102)53(4)97)51-76(112-63-43-35-58(36-44-63)95(14,15)16)82(84(78)81)80-74(49-67(87(99)104)77(66)83(79)80)110-61-39-31-56(32-40-61)93(8,9)10/h21-26,29-45,47-51,70-71H,3-4,17-20,27-28,46H2,1-2,5-16H3,(H,98,102). The fourth-order valence-corrected chi connectivity index (χ4v) is 14.9. The largest absolute Gasteiger partial charge is 0.457 e. The Morgan fingerprint density at radius 1 is 0.386 bits per heavy atom. The predicted molar refractivity (Wildman–Crippen MR) is 448 cm³/mol. The number of anilines is 1. The number of carbonyl (C=O) groups excluding carboxylic acids is 8. The first-order valence-electron chi connectivity index (χ1n) is 38.3. The molecule has 19 heteroatoms. The van der Waals surface area contributed by atoms with Gasteiger partial charge in [-0.05, 0) is 159 Å². The Morgan fingerprint density at radius 3 is 0.982 bits per heavy atom. The number of fused-ring (bicyclic) bond motifs is 2. The Hall–Kier alpha value is -11.7. The normalized spacial score (nSPS) is 13.7. The minimum Gasteiger partial charge on any atom is -0.457 e. The maximum absolute atomic E-state index is 16.6. The Labute approximate surface area is 673 Å². The van der Waals surface area contributed by atoms with Crippen molar-refractivity contribution >= 4 is 119 Å². The number of ether oxygens (including phenoxy) is 6. The van der Waals surface area contributed by atoms with Gasteiger partial charge in [0.1, 0.15) is 69.6 Å². The number of amides is 5. The number of nitrogens with one attached hydrogen (secondary N) is 1. The summed E-state index contributed by atoms with van der Waals surface area (Å²) >= 11 is 12.0. The molecule has 0 saturated carbocycles. The topological polar surface area (TPSA) is 210 Å². The average molecular weight is 1570 g/mol. The van der Waals surface area contributed by atoms with E-state index in [1.54, 1.807) is 48.5 Å². The second-order valence-corrected chi connectivity index (χ2v) is 34.3. The van der Waals surface area contributed by atoms with Crippen molar-refractivity contribution in [2.24, 2.45) is 0 Å². The summed E-state index contributed by atoms with van der Waals surface area (Å²) in [5, 5.41) is 3.85. The van der Waals surface area contributed by atoms with Crippen LogP contribution in [0.3, 0.4) is 0 Å². The van der Waals surface area contributed by atoms with Gasteiger partial charge in [0.05, 0.1) is 32.3 Å². The molecule has 2 aliphatic heterocycles. The van der Waals surface area contributed by atoms with Gasteiger partial charge in [-0.2, -0.15) is 0 Å². The van der Waals surface area contributed by atoms with E-state index in [2.05, 4.69) is 102 Å². The van der Waals surface area contributed by atoms with E-state index >= 15 is 28.8 Å². The molecule has 0 saturated heterocycles. The van der Waals surface area contributed by atoms with Crippen LogP contribution in [0.15, 0.2) is 193 Å². The van der Waals surface area contributed by atoms with E-state index in [1.165, 1.54) is 24.3 Å². The van der Waals surface area contributed by atoms with Crippen molar-refractivity contribution in [3.05, 3.63) is 243 Å². The molecule has 17 nitrogen and oxygen atoms in total. The number of unbranched alkanes of at least 4 members (excludes halogenated alkanes) is 2. The number of hydrogen-bond acceptors (Lipinski definition) is 14. The molecule has 11 aromatic rings. The SMILES string of the molecule is C=C(Cl)C(=O)Cc1cccc(OC(=O)C(CCCC)N2C(=O)c3cc(Oc4ccc(C(C)(C)C)cc4)c4c5c(Oc6ccc(C(C)(C)C)cc6)cc6c7c(cc(Oc8ccc(C(C)(C)C)cc8)c(c8c(Oc9ccc(C(C)(C)C)cc9)cc(c3c48)C2=O)c75)C(=O)N(C(CCCC)C(=O)Oc2cccc(NC(=O)C(=C)Cl)c2)C6=O)c1. The van der Waals surface area contributed by atoms with Crippen molar-refractivity contribution in [2.45, 2.75) is 176 Å². The maximum Gasteiger partial charge on any atom is 0.334 e. The van der Waals surface area contributed by atoms with Crippen LogP contribution in [0.2, 0.25) is 0 Å². The molecule has 0 aliphatic carbocycles. The highest BCUT2D eigenvalue weighted by atomic mass is 35.5. The van der Waals surface area contributed by atoms with E-state index in [0.29, 0.717) is 54.2 Å². The molecule has 2 unspecified atom stereocenters. The smallest absolute Gasteiger partial charge is 0.334 e. The van der Waals surface area contributed by atoms with Gasteiger partial charge in [-0.3, -0.25) is 38.6 Å². The molecule has 13 rings (SSSR count). The number of benzene rings is 11. The van der Waals surface area contributed by atoms with Gasteiger partial charge in [0.2, 0.25) is 0 Å². The van der Waals surface area contributed by atoms with Gasteiger partial charge >= 0.3 is 11.9 Å². The van der Waals surface area contributed by atoms with Crippen molar-refractivity contribution in [1.29, 1.82) is 0 Å². The number of allylic oxidation sites excluding steroid dienone is 1. The number of hydrogen-bond donors (Lipinski definition) is 1. The quantitative estimate of drug-likeness (QED) is 0.0141. The lowest BCUT2D eigenvalue weighted by Gasteiger charge is -2.35. The first-order chi connectivity index (χ1) is 53.9. The monoisotopic (exact) mass is 1570 g/mol. The van der Waals surface area contributed by atoms with Crippen molar-refractivity contribution in [1.82, 2.24) is 9.80 Å². The fourth-order valence-electron chi connectivity index (χ4n) is 14.7. The summed E-state index contributed by atoms with van der Waals surface area (Å²) in [5.74, 6) is -5.05. The number of ketones is 1. The third-order valence-electron chi connectivity index (χ3n) is 20.9. The van der Waals surface area contributed by atoms with Gasteiger partial charge in [-0.25, -0.2) is 9.59 Å². The summed E-state index contributed by atoms with van der Waals surface area (Å²) in [6.07, 6.45) is 1.61. The number of halogens is 2. The number of Topliss-reactive ketones (excluding diaryl/α,β-unsaturated/α-hetero) is 1. The summed E-state index contributed by atoms with van der Waals surface area (Å²) in [5.41, 5.74) is 3.18. The van der Waals surface area contributed by atoms with Crippen LogP contribution in [-0.4, -0.2) is 69.1 Å². The predicted octanol–water partition coefficient (Wildman–Crippen LogP) is 23.2. The third-order valence-corrected chi connectivity index (χ3v) is 21.3. The van der Waals surface area contributed by atoms with Crippen LogP contribution in [-0.2, 0) is 47.3 Å². The number of rotatable bonds is 25. The number of nitrogens with zero attached hydrogens (tertiary/aromatic N) is 2. The Kier molecular flexibility index (Phi) is 22.1. The van der Waals surface area contributed by atoms with Crippen LogP contribution < -0.4 is 33.7 Å². The molecule has 0 bridgehead atoms. The van der Waals surface area contributed by atoms with E-state index in [1.807, 2.05) is 111 Å². The zero-order valence-corrected chi connectivity index (χ0v) is 68.1. The van der Waals surface area contributed by atoms with E-state index < -0.39 is 59.3 Å². The molecule has 2 aliphatic rings. The van der Waals surface area contributed by atoms with Crippen LogP contribution in [0.5, 0.6) is 57.5 Å². The third kappa shape index (κ3) is 16.1. The maximum atomic E-state index is 16.6. The van der Waals surface area contributed by atoms with E-state index in [4.69, 9.17) is 51.6 Å². The molecule has 11 aromatic carbocycles. The first kappa shape index (κ1) is 80.4. The molecule has 0 fully saturated rings. The second-order valence-electron chi connectivity index (χ2n) is 33.4. The second kappa shape index (κ2) is 31.4. The Balaban J connectivity index is 1.16. The molecule has 0 aromatic heterocycles. The van der Waals surface area contributed by atoms with Gasteiger partial charge in [0.15, 0.2) is 5.78 Å². The summed E-state index contributed by atoms with van der Waals surface area (Å²) in [6, 6.07) is 45.6. The zero-order chi connectivity index (χ0) is 81.9. The van der Waals surface area contributed by atoms with Gasteiger partial charge in [-0.1, -0.05) is 226 Å². The Morgan fingerprint density at radius 2 is 0.693 bits per heavy atom. The molecule has 2 heterocycles. The molecule has 5 amide bonds. The summed E-state index contributed by atoms with van der Waals surface area (Å²) in [6.45, 7) is 36.0. The number of carbonyl (C=O) groups is 8. The van der Waals surface area contributed by atoms with E-state index in [-0.39, 0.29) is 157 Å². The Bertz CT molecular complexity index is 5160. The van der Waals surface area contributed by atoms with Gasteiger partial charge in [-0.15, -0.1) is 0 Å². The molecule has 0 spiro atoms. The van der Waals surface area contributed by atoms with Gasteiger partial charge in [0, 0.05) is 61.3 Å². The molecular formula is C95H91Cl2N3O14. The van der Waals surface area contributed by atoms with Crippen LogP contribution in [0.1, 0.15) is 205 Å². The summed E-state index contributed by atoms with van der Waals surface area (Å²) < 4.78 is 41.7. The van der Waals surface area contributed by atoms with E-state index in [0.717, 1.165) is 32.1 Å². The fraction of sp³-hybridized carbons (Fsp3) is 0.284. The van der Waals surface area contributed by atoms with Crippen LogP contribution in [0.25, 0.3) is 43.1 Å². The van der Waals surface area contributed by atoms with Gasteiger partial charge < -0.3 is 33.7 Å². The number of imide groups is 2. The number of esters is 2. The lowest BCUT2D eigenvalue weighted by atomic mass is 9.80. The highest BCUT2D eigenvalue weighted by Gasteiger charge is 2.47. The van der Waals surface area contributed by atoms with Crippen molar-refractivity contribution in [2.75, 3.05) is 5.32 Å². The minimum atomic E-state index is -1.56. The highest BCUT2D eigenvalue weighted by molar-refractivity contribution is 6.46. The molecule has 1 N–H and O–H groups in total. The molecule has 114 heavy (non-hydrogen) atoms. The lowest BCUT2D eigenvalue weighted by molar-refractivity contribution is -0.139. The molecule has 584 valence electrons. The lowest BCUT2D eigenvalue weighted by Crippen LogP contribution is -2.52.